The minimum absolute atomic E-state index is 0.0129. The normalized spacial score (nSPS) is 18.0. The van der Waals surface area contributed by atoms with Gasteiger partial charge < -0.3 is 14.2 Å². The molecule has 0 aliphatic carbocycles. The number of carbonyl (C=O) groups is 2. The van der Waals surface area contributed by atoms with Gasteiger partial charge in [-0.05, 0) is 70.6 Å². The van der Waals surface area contributed by atoms with Crippen LogP contribution in [-0.4, -0.2) is 30.1 Å². The van der Waals surface area contributed by atoms with E-state index < -0.39 is 18.1 Å². The molecule has 34 heavy (non-hydrogen) atoms. The summed E-state index contributed by atoms with van der Waals surface area (Å²) >= 11 is 10.2. The van der Waals surface area contributed by atoms with Gasteiger partial charge in [0.15, 0.2) is 11.4 Å². The van der Waals surface area contributed by atoms with Gasteiger partial charge in [-0.25, -0.2) is 0 Å². The minimum Gasteiger partial charge on any atom is -0.457 e. The molecule has 0 atom stereocenters. The zero-order valence-corrected chi connectivity index (χ0v) is 20.7. The van der Waals surface area contributed by atoms with E-state index in [0.717, 1.165) is 10.0 Å². The van der Waals surface area contributed by atoms with Crippen LogP contribution < -0.4 is 15.0 Å². The number of amides is 2. The van der Waals surface area contributed by atoms with Crippen molar-refractivity contribution in [2.45, 2.75) is 6.29 Å². The lowest BCUT2D eigenvalue weighted by Gasteiger charge is -2.29. The van der Waals surface area contributed by atoms with E-state index in [1.54, 1.807) is 30.3 Å². The van der Waals surface area contributed by atoms with Gasteiger partial charge in [0.1, 0.15) is 17.1 Å². The van der Waals surface area contributed by atoms with E-state index >= 15 is 0 Å². The van der Waals surface area contributed by atoms with Crippen molar-refractivity contribution < 1.29 is 23.8 Å². The summed E-state index contributed by atoms with van der Waals surface area (Å²) < 4.78 is 17.8. The number of nitrogens with zero attached hydrogens (tertiary/aromatic N) is 1. The lowest BCUT2D eigenvalue weighted by atomic mass is 10.1. The molecule has 2 aromatic carbocycles. The Morgan fingerprint density at radius 1 is 1.06 bits per heavy atom. The molecule has 0 bridgehead atoms. The highest BCUT2D eigenvalue weighted by Crippen LogP contribution is 2.38. The predicted octanol–water partition coefficient (Wildman–Crippen LogP) is 5.18. The highest BCUT2D eigenvalue weighted by atomic mass is 79.9. The fourth-order valence-electron chi connectivity index (χ4n) is 3.54. The number of halogens is 1. The van der Waals surface area contributed by atoms with Gasteiger partial charge in [-0.1, -0.05) is 18.2 Å². The number of benzene rings is 2. The van der Waals surface area contributed by atoms with E-state index in [1.807, 2.05) is 35.7 Å². The molecule has 7 nitrogen and oxygen atoms in total. The summed E-state index contributed by atoms with van der Waals surface area (Å²) in [6.45, 7) is 0.961. The third kappa shape index (κ3) is 4.55. The average molecular weight is 557 g/mol. The van der Waals surface area contributed by atoms with E-state index in [4.69, 9.17) is 26.4 Å². The number of thiophene rings is 1. The van der Waals surface area contributed by atoms with E-state index in [2.05, 4.69) is 21.2 Å². The van der Waals surface area contributed by atoms with Gasteiger partial charge in [-0.3, -0.25) is 19.8 Å². The van der Waals surface area contributed by atoms with Crippen molar-refractivity contribution in [3.8, 4) is 11.5 Å². The van der Waals surface area contributed by atoms with Crippen molar-refractivity contribution in [2.24, 2.45) is 0 Å². The Bertz CT molecular complexity index is 1280. The fraction of sp³-hybridized carbons (Fsp3) is 0.125. The van der Waals surface area contributed by atoms with Crippen LogP contribution in [0.5, 0.6) is 11.5 Å². The number of ether oxygens (including phenoxy) is 3. The summed E-state index contributed by atoms with van der Waals surface area (Å²) in [4.78, 5) is 28.0. The van der Waals surface area contributed by atoms with Crippen molar-refractivity contribution in [2.75, 3.05) is 18.1 Å². The number of nitrogens with one attached hydrogen (secondary N) is 1. The Hall–Kier alpha value is -2.89. The van der Waals surface area contributed by atoms with Crippen molar-refractivity contribution in [1.82, 2.24) is 5.32 Å². The summed E-state index contributed by atoms with van der Waals surface area (Å²) in [5, 5.41) is 4.49. The summed E-state index contributed by atoms with van der Waals surface area (Å²) in [5.41, 5.74) is 1.22. The van der Waals surface area contributed by atoms with E-state index in [0.29, 0.717) is 35.3 Å². The first kappa shape index (κ1) is 22.9. The van der Waals surface area contributed by atoms with Crippen LogP contribution in [0.1, 0.15) is 16.7 Å². The number of hydrogen-bond donors (Lipinski definition) is 1. The Kier molecular flexibility index (Phi) is 6.57. The molecule has 3 heterocycles. The van der Waals surface area contributed by atoms with Crippen molar-refractivity contribution in [1.29, 1.82) is 0 Å². The van der Waals surface area contributed by atoms with Crippen molar-refractivity contribution in [3.05, 3.63) is 80.5 Å². The van der Waals surface area contributed by atoms with Gasteiger partial charge in [-0.2, -0.15) is 0 Å². The molecule has 2 saturated heterocycles. The van der Waals surface area contributed by atoms with Gasteiger partial charge in [-0.15, -0.1) is 11.3 Å². The average Bonchev–Trinajstić information content (AvgIpc) is 3.48. The van der Waals surface area contributed by atoms with Crippen LogP contribution in [-0.2, 0) is 19.1 Å². The smallest absolute Gasteiger partial charge is 0.270 e. The van der Waals surface area contributed by atoms with Crippen LogP contribution in [0.3, 0.4) is 0 Å². The van der Waals surface area contributed by atoms with Gasteiger partial charge in [0.25, 0.3) is 11.8 Å². The molecule has 0 radical (unpaired) electrons. The molecule has 1 aromatic heterocycles. The van der Waals surface area contributed by atoms with Crippen molar-refractivity contribution in [3.63, 3.8) is 0 Å². The van der Waals surface area contributed by atoms with Crippen LogP contribution in [0.2, 0.25) is 0 Å². The second-order valence-corrected chi connectivity index (χ2v) is 9.45. The Balaban J connectivity index is 1.42. The standard InChI is InChI=1S/C24H17BrN2O5S2/c25-18-13-34-19(20(18)23-30-10-11-31-23)12-17-21(28)26-24(33)27(22(17)29)14-6-8-16(9-7-14)32-15-4-2-1-3-5-15/h1-9,12-13,23H,10-11H2,(H,26,28,33). The predicted molar refractivity (Wildman–Crippen MR) is 136 cm³/mol. The molecule has 3 aromatic rings. The van der Waals surface area contributed by atoms with Crippen LogP contribution >= 0.6 is 39.5 Å². The molecule has 5 rings (SSSR count). The third-order valence-electron chi connectivity index (χ3n) is 5.12. The van der Waals surface area contributed by atoms with E-state index in [-0.39, 0.29) is 10.7 Å². The van der Waals surface area contributed by atoms with Gasteiger partial charge in [0.05, 0.1) is 18.9 Å². The Labute approximate surface area is 213 Å². The first-order valence-corrected chi connectivity index (χ1v) is 12.3. The number of para-hydroxylation sites is 1. The number of carbonyl (C=O) groups excluding carboxylic acids is 2. The molecular weight excluding hydrogens is 540 g/mol. The number of anilines is 1. The third-order valence-corrected chi connectivity index (χ3v) is 7.31. The monoisotopic (exact) mass is 556 g/mol. The SMILES string of the molecule is O=C1NC(=S)N(c2ccc(Oc3ccccc3)cc2)C(=O)C1=Cc1scc(Br)c1C1OCCO1. The van der Waals surface area contributed by atoms with Gasteiger partial charge in [0, 0.05) is 20.3 Å². The molecular formula is C24H17BrN2O5S2. The van der Waals surface area contributed by atoms with Crippen LogP contribution in [0.25, 0.3) is 6.08 Å². The minimum atomic E-state index is -0.556. The molecule has 1 N–H and O–H groups in total. The molecule has 2 amide bonds. The quantitative estimate of drug-likeness (QED) is 0.265. The maximum Gasteiger partial charge on any atom is 0.270 e. The number of hydrogen-bond acceptors (Lipinski definition) is 7. The van der Waals surface area contributed by atoms with Crippen LogP contribution in [0, 0.1) is 0 Å². The zero-order valence-electron chi connectivity index (χ0n) is 17.5. The highest BCUT2D eigenvalue weighted by molar-refractivity contribution is 9.10. The Morgan fingerprint density at radius 2 is 1.74 bits per heavy atom. The summed E-state index contributed by atoms with van der Waals surface area (Å²) in [7, 11) is 0. The maximum atomic E-state index is 13.4. The Morgan fingerprint density at radius 3 is 2.44 bits per heavy atom. The van der Waals surface area contributed by atoms with Crippen molar-refractivity contribution >= 4 is 68.2 Å². The lowest BCUT2D eigenvalue weighted by molar-refractivity contribution is -0.122. The van der Waals surface area contributed by atoms with Gasteiger partial charge in [0.2, 0.25) is 0 Å². The van der Waals surface area contributed by atoms with Gasteiger partial charge >= 0.3 is 0 Å². The molecule has 0 unspecified atom stereocenters. The molecule has 2 aliphatic rings. The summed E-state index contributed by atoms with van der Waals surface area (Å²) in [6.07, 6.45) is 0.998. The summed E-state index contributed by atoms with van der Waals surface area (Å²) in [6, 6.07) is 16.3. The number of rotatable bonds is 5. The van der Waals surface area contributed by atoms with E-state index in [9.17, 15) is 9.59 Å². The van der Waals surface area contributed by atoms with E-state index in [1.165, 1.54) is 16.2 Å². The maximum absolute atomic E-state index is 13.4. The molecule has 2 fully saturated rings. The first-order valence-electron chi connectivity index (χ1n) is 10.3. The first-order chi connectivity index (χ1) is 16.5. The molecule has 172 valence electrons. The topological polar surface area (TPSA) is 77.1 Å². The molecule has 10 heteroatoms. The lowest BCUT2D eigenvalue weighted by Crippen LogP contribution is -2.54. The fourth-order valence-corrected chi connectivity index (χ4v) is 5.51. The molecule has 0 spiro atoms. The second kappa shape index (κ2) is 9.77. The summed E-state index contributed by atoms with van der Waals surface area (Å²) in [5.74, 6) is 0.230. The molecule has 2 aliphatic heterocycles. The number of thiocarbonyl (C=S) groups is 1. The second-order valence-electron chi connectivity index (χ2n) is 7.30. The highest BCUT2D eigenvalue weighted by Gasteiger charge is 2.35. The largest absolute Gasteiger partial charge is 0.457 e. The van der Waals surface area contributed by atoms with Crippen LogP contribution in [0.4, 0.5) is 5.69 Å². The zero-order chi connectivity index (χ0) is 23.7. The van der Waals surface area contributed by atoms with Crippen LogP contribution in [0.15, 0.2) is 70.0 Å². The molecule has 0 saturated carbocycles.